The first-order valence-electron chi connectivity index (χ1n) is 10.3. The molecule has 8 nitrogen and oxygen atoms in total. The van der Waals surface area contributed by atoms with Crippen molar-refractivity contribution in [3.8, 4) is 11.5 Å². The van der Waals surface area contributed by atoms with Crippen molar-refractivity contribution in [1.29, 1.82) is 0 Å². The van der Waals surface area contributed by atoms with Crippen LogP contribution in [-0.4, -0.2) is 45.4 Å². The lowest BCUT2D eigenvalue weighted by molar-refractivity contribution is 0.0926. The lowest BCUT2D eigenvalue weighted by atomic mass is 9.96. The monoisotopic (exact) mass is 392 g/mol. The molecule has 2 N–H and O–H groups in total. The van der Waals surface area contributed by atoms with Gasteiger partial charge in [0, 0.05) is 25.2 Å². The number of aryl methyl sites for hydroxylation is 2. The van der Waals surface area contributed by atoms with Crippen LogP contribution in [0.2, 0.25) is 0 Å². The van der Waals surface area contributed by atoms with Gasteiger partial charge in [0.25, 0.3) is 5.91 Å². The normalized spacial score (nSPS) is 17.2. The predicted octanol–water partition coefficient (Wildman–Crippen LogP) is 2.74. The zero-order valence-corrected chi connectivity index (χ0v) is 16.2. The maximum Gasteiger partial charge on any atom is 0.272 e. The predicted molar refractivity (Wildman–Crippen MR) is 108 cm³/mol. The van der Waals surface area contributed by atoms with Crippen LogP contribution in [0, 0.1) is 0 Å². The van der Waals surface area contributed by atoms with E-state index in [1.54, 1.807) is 18.4 Å². The number of amides is 1. The van der Waals surface area contributed by atoms with Gasteiger partial charge in [-0.25, -0.2) is 0 Å². The molecule has 1 aliphatic heterocycles. The molecular weight excluding hydrogens is 368 g/mol. The molecule has 1 saturated heterocycles. The Morgan fingerprint density at radius 3 is 2.86 bits per heavy atom. The quantitative estimate of drug-likeness (QED) is 0.708. The van der Waals surface area contributed by atoms with Crippen LogP contribution in [0.3, 0.4) is 0 Å². The molecule has 0 bridgehead atoms. The first-order valence-corrected chi connectivity index (χ1v) is 10.3. The maximum absolute atomic E-state index is 12.5. The molecule has 0 unspecified atom stereocenters. The molecular formula is C21H24N6O2. The van der Waals surface area contributed by atoms with Crippen LogP contribution in [-0.2, 0) is 12.8 Å². The first-order chi connectivity index (χ1) is 14.3. The van der Waals surface area contributed by atoms with Crippen LogP contribution in [0.5, 0.6) is 0 Å². The molecule has 4 heterocycles. The van der Waals surface area contributed by atoms with Crippen molar-refractivity contribution in [3.63, 3.8) is 0 Å². The Labute approximate surface area is 168 Å². The summed E-state index contributed by atoms with van der Waals surface area (Å²) in [4.78, 5) is 14.8. The van der Waals surface area contributed by atoms with Gasteiger partial charge in [-0.1, -0.05) is 0 Å². The fraction of sp³-hybridized carbons (Fsp3) is 0.429. The van der Waals surface area contributed by atoms with Gasteiger partial charge in [0.2, 0.25) is 0 Å². The number of nitrogens with one attached hydrogen (secondary N) is 2. The minimum absolute atomic E-state index is 0.132. The Morgan fingerprint density at radius 1 is 1.17 bits per heavy atom. The lowest BCUT2D eigenvalue weighted by Crippen LogP contribution is -2.45. The van der Waals surface area contributed by atoms with E-state index in [-0.39, 0.29) is 11.9 Å². The molecule has 0 radical (unpaired) electrons. The highest BCUT2D eigenvalue weighted by molar-refractivity contribution is 5.93. The number of hydrogen-bond donors (Lipinski definition) is 2. The van der Waals surface area contributed by atoms with Crippen molar-refractivity contribution in [2.24, 2.45) is 0 Å². The second-order valence-electron chi connectivity index (χ2n) is 7.76. The van der Waals surface area contributed by atoms with E-state index >= 15 is 0 Å². The van der Waals surface area contributed by atoms with Crippen LogP contribution >= 0.6 is 0 Å². The van der Waals surface area contributed by atoms with E-state index in [1.165, 1.54) is 18.4 Å². The number of H-pyrrole nitrogens is 1. The summed E-state index contributed by atoms with van der Waals surface area (Å²) < 4.78 is 5.33. The smallest absolute Gasteiger partial charge is 0.272 e. The van der Waals surface area contributed by atoms with Gasteiger partial charge in [0.15, 0.2) is 17.3 Å². The minimum Gasteiger partial charge on any atom is -0.463 e. The van der Waals surface area contributed by atoms with E-state index < -0.39 is 0 Å². The number of nitrogens with zero attached hydrogens (tertiary/aromatic N) is 4. The number of carbonyl (C=O) groups excluding carboxylic acids is 1. The van der Waals surface area contributed by atoms with Gasteiger partial charge < -0.3 is 14.6 Å². The average Bonchev–Trinajstić information content (AvgIpc) is 3.46. The molecule has 29 heavy (non-hydrogen) atoms. The number of fused-ring (bicyclic) bond motifs is 1. The number of aromatic nitrogens is 4. The lowest BCUT2D eigenvalue weighted by Gasteiger charge is -2.33. The third-order valence-corrected chi connectivity index (χ3v) is 5.81. The van der Waals surface area contributed by atoms with Crippen molar-refractivity contribution < 1.29 is 9.21 Å². The largest absolute Gasteiger partial charge is 0.463 e. The summed E-state index contributed by atoms with van der Waals surface area (Å²) >= 11 is 0. The van der Waals surface area contributed by atoms with E-state index in [9.17, 15) is 4.79 Å². The van der Waals surface area contributed by atoms with Crippen LogP contribution in [0.25, 0.3) is 11.5 Å². The molecule has 2 aliphatic rings. The maximum atomic E-state index is 12.5. The molecule has 3 aromatic heterocycles. The summed E-state index contributed by atoms with van der Waals surface area (Å²) in [7, 11) is 0. The van der Waals surface area contributed by atoms with Crippen molar-refractivity contribution in [1.82, 2.24) is 25.7 Å². The van der Waals surface area contributed by atoms with Gasteiger partial charge in [-0.05, 0) is 62.3 Å². The van der Waals surface area contributed by atoms with Crippen LogP contribution in [0.15, 0.2) is 34.9 Å². The highest BCUT2D eigenvalue weighted by atomic mass is 16.3. The second-order valence-corrected chi connectivity index (χ2v) is 7.76. The molecule has 1 aliphatic carbocycles. The number of hydrogen-bond acceptors (Lipinski definition) is 6. The number of piperidine rings is 1. The topological polar surface area (TPSA) is 99.9 Å². The summed E-state index contributed by atoms with van der Waals surface area (Å²) in [6.07, 6.45) is 7.95. The van der Waals surface area contributed by atoms with Gasteiger partial charge in [-0.3, -0.25) is 9.89 Å². The summed E-state index contributed by atoms with van der Waals surface area (Å²) in [6, 6.07) is 7.69. The zero-order valence-electron chi connectivity index (χ0n) is 16.2. The van der Waals surface area contributed by atoms with Crippen molar-refractivity contribution in [3.05, 3.63) is 47.5 Å². The molecule has 0 aromatic carbocycles. The fourth-order valence-electron chi connectivity index (χ4n) is 4.14. The van der Waals surface area contributed by atoms with Gasteiger partial charge >= 0.3 is 0 Å². The number of furan rings is 1. The molecule has 0 spiro atoms. The first kappa shape index (κ1) is 17.9. The summed E-state index contributed by atoms with van der Waals surface area (Å²) in [6.45, 7) is 1.72. The molecule has 1 fully saturated rings. The van der Waals surface area contributed by atoms with E-state index in [2.05, 4.69) is 36.7 Å². The fourth-order valence-corrected chi connectivity index (χ4v) is 4.14. The second kappa shape index (κ2) is 7.69. The van der Waals surface area contributed by atoms with Gasteiger partial charge in [-0.2, -0.15) is 10.2 Å². The Bertz CT molecular complexity index is 989. The van der Waals surface area contributed by atoms with Gasteiger partial charge in [0.05, 0.1) is 12.0 Å². The molecule has 5 rings (SSSR count). The van der Waals surface area contributed by atoms with Crippen LogP contribution < -0.4 is 10.2 Å². The Morgan fingerprint density at radius 2 is 2.03 bits per heavy atom. The minimum atomic E-state index is -0.161. The molecule has 8 heteroatoms. The van der Waals surface area contributed by atoms with Crippen molar-refractivity contribution >= 4 is 11.7 Å². The van der Waals surface area contributed by atoms with E-state index in [0.29, 0.717) is 17.1 Å². The highest BCUT2D eigenvalue weighted by Crippen LogP contribution is 2.24. The molecule has 0 atom stereocenters. The molecule has 1 amide bonds. The van der Waals surface area contributed by atoms with Gasteiger partial charge in [0.1, 0.15) is 5.69 Å². The van der Waals surface area contributed by atoms with E-state index in [0.717, 1.165) is 50.3 Å². The Kier molecular flexibility index (Phi) is 4.75. The van der Waals surface area contributed by atoms with E-state index in [4.69, 9.17) is 4.42 Å². The van der Waals surface area contributed by atoms with Crippen molar-refractivity contribution in [2.45, 2.75) is 44.6 Å². The third kappa shape index (κ3) is 3.74. The zero-order chi connectivity index (χ0) is 19.6. The number of anilines is 1. The summed E-state index contributed by atoms with van der Waals surface area (Å²) in [5.41, 5.74) is 3.58. The van der Waals surface area contributed by atoms with Crippen LogP contribution in [0.1, 0.15) is 47.4 Å². The summed E-state index contributed by atoms with van der Waals surface area (Å²) in [5.74, 6) is 1.47. The SMILES string of the molecule is O=C(NC1CCN(c2cc3c(nn2)CCCC3)CC1)c1cc(-c2ccco2)[nH]n1. The van der Waals surface area contributed by atoms with Crippen LogP contribution in [0.4, 0.5) is 5.82 Å². The van der Waals surface area contributed by atoms with Crippen molar-refractivity contribution in [2.75, 3.05) is 18.0 Å². The Balaban J connectivity index is 1.17. The number of carbonyl (C=O) groups is 1. The molecule has 3 aromatic rings. The third-order valence-electron chi connectivity index (χ3n) is 5.81. The average molecular weight is 392 g/mol. The highest BCUT2D eigenvalue weighted by Gasteiger charge is 2.24. The number of aromatic amines is 1. The molecule has 150 valence electrons. The van der Waals surface area contributed by atoms with E-state index in [1.807, 2.05) is 6.07 Å². The summed E-state index contributed by atoms with van der Waals surface area (Å²) in [5, 5.41) is 19.0. The Hall–Kier alpha value is -3.16. The molecule has 0 saturated carbocycles. The van der Waals surface area contributed by atoms with Gasteiger partial charge in [-0.15, -0.1) is 5.10 Å². The number of rotatable bonds is 4. The standard InChI is InChI=1S/C21H24N6O2/c28-21(18-13-17(24-25-18)19-6-3-11-29-19)22-15-7-9-27(10-8-15)20-12-14-4-1-2-5-16(14)23-26-20/h3,6,11-13,15H,1-2,4-5,7-10H2,(H,22,28)(H,24,25).